The van der Waals surface area contributed by atoms with Gasteiger partial charge >= 0.3 is 0 Å². The molecule has 0 aliphatic carbocycles. The Morgan fingerprint density at radius 3 is 1.91 bits per heavy atom. The van der Waals surface area contributed by atoms with E-state index in [9.17, 15) is 4.79 Å². The Kier molecular flexibility index (Phi) is 8.97. The highest BCUT2D eigenvalue weighted by Crippen LogP contribution is 2.39. The number of rotatable bonds is 7. The maximum Gasteiger partial charge on any atom is 0.192 e. The van der Waals surface area contributed by atoms with Crippen molar-refractivity contribution in [1.82, 2.24) is 0 Å². The molecule has 0 spiro atoms. The Morgan fingerprint density at radius 2 is 1.57 bits per heavy atom. The van der Waals surface area contributed by atoms with Gasteiger partial charge in [-0.3, -0.25) is 4.79 Å². The van der Waals surface area contributed by atoms with Crippen molar-refractivity contribution in [2.75, 3.05) is 0 Å². The van der Waals surface area contributed by atoms with Crippen LogP contribution in [0.15, 0.2) is 21.3 Å². The van der Waals surface area contributed by atoms with Gasteiger partial charge in [-0.25, -0.2) is 0 Å². The summed E-state index contributed by atoms with van der Waals surface area (Å²) >= 11 is 2.27. The van der Waals surface area contributed by atoms with E-state index >= 15 is 0 Å². The van der Waals surface area contributed by atoms with Crippen LogP contribution in [0.25, 0.3) is 0 Å². The molecule has 23 heavy (non-hydrogen) atoms. The highest BCUT2D eigenvalue weighted by atomic mass is 127. The summed E-state index contributed by atoms with van der Waals surface area (Å²) in [5.41, 5.74) is 2.52. The molecule has 0 rings (SSSR count). The molecule has 134 valence electrons. The van der Waals surface area contributed by atoms with Crippen molar-refractivity contribution in [3.63, 3.8) is 0 Å². The van der Waals surface area contributed by atoms with Crippen LogP contribution in [-0.2, 0) is 9.22 Å². The fraction of sp³-hybridized carbons (Fsp3) is 0.737. The number of allylic oxidation sites excluding steroid dienone is 2. The quantitative estimate of drug-likeness (QED) is 0.251. The van der Waals surface area contributed by atoms with Crippen LogP contribution >= 0.6 is 22.6 Å². The van der Waals surface area contributed by atoms with Crippen molar-refractivity contribution in [2.45, 2.75) is 79.6 Å². The number of halogens is 1. The first-order chi connectivity index (χ1) is 10.2. The molecule has 0 aliphatic heterocycles. The van der Waals surface area contributed by atoms with Crippen LogP contribution in [0.3, 0.4) is 0 Å². The molecular weight excluding hydrogens is 415 g/mol. The lowest BCUT2D eigenvalue weighted by Crippen LogP contribution is -2.48. The summed E-state index contributed by atoms with van der Waals surface area (Å²) in [5, 5.41) is 0.137. The third kappa shape index (κ3) is 6.82. The summed E-state index contributed by atoms with van der Waals surface area (Å²) in [6, 6.07) is 0. The van der Waals surface area contributed by atoms with Gasteiger partial charge in [-0.2, -0.15) is 0 Å². The number of carbonyl (C=O) groups is 1. The fourth-order valence-corrected chi connectivity index (χ4v) is 4.06. The summed E-state index contributed by atoms with van der Waals surface area (Å²) in [6.45, 7) is 21.3. The lowest BCUT2D eigenvalue weighted by molar-refractivity contribution is -0.123. The van der Waals surface area contributed by atoms with Crippen LogP contribution in [0.5, 0.6) is 0 Å². The van der Waals surface area contributed by atoms with Gasteiger partial charge in [0.05, 0.1) is 6.10 Å². The molecule has 0 saturated heterocycles. The zero-order valence-electron chi connectivity index (χ0n) is 16.6. The monoisotopic (exact) mass is 450 g/mol. The van der Waals surface area contributed by atoms with E-state index < -0.39 is 8.32 Å². The summed E-state index contributed by atoms with van der Waals surface area (Å²) in [5.74, 6) is 0.314. The number of hydrogen-bond acceptors (Lipinski definition) is 2. The SMILES string of the molecule is CC(=O)[C@@H](C)[C@@H](O[Si](C)(C)C(C)(C)C)[C@@H](C)/C=C(C)/C(C)=C/I. The predicted octanol–water partition coefficient (Wildman–Crippen LogP) is 6.52. The number of ketones is 1. The van der Waals surface area contributed by atoms with Gasteiger partial charge in [0, 0.05) is 11.8 Å². The molecule has 0 saturated carbocycles. The van der Waals surface area contributed by atoms with Gasteiger partial charge in [-0.05, 0) is 48.6 Å². The third-order valence-electron chi connectivity index (χ3n) is 5.19. The Labute approximate surface area is 158 Å². The summed E-state index contributed by atoms with van der Waals surface area (Å²) in [4.78, 5) is 12.0. The third-order valence-corrected chi connectivity index (χ3v) is 10.6. The molecule has 0 heterocycles. The molecule has 0 bridgehead atoms. The molecule has 0 fully saturated rings. The molecule has 0 aromatic carbocycles. The molecule has 0 aromatic heterocycles. The number of Topliss-reactive ketones (excluding diaryl/α,β-unsaturated/α-hetero) is 1. The fourth-order valence-electron chi connectivity index (χ4n) is 2.12. The van der Waals surface area contributed by atoms with Crippen LogP contribution in [0.4, 0.5) is 0 Å². The van der Waals surface area contributed by atoms with Crippen LogP contribution in [0, 0.1) is 11.8 Å². The molecule has 4 heteroatoms. The van der Waals surface area contributed by atoms with Crippen molar-refractivity contribution in [2.24, 2.45) is 11.8 Å². The highest BCUT2D eigenvalue weighted by Gasteiger charge is 2.41. The molecule has 0 aromatic rings. The summed E-state index contributed by atoms with van der Waals surface area (Å²) in [6.07, 6.45) is 2.19. The van der Waals surface area contributed by atoms with Gasteiger partial charge in [0.1, 0.15) is 5.78 Å². The Balaban J connectivity index is 5.61. The molecule has 0 aliphatic rings. The molecule has 3 atom stereocenters. The number of carbonyl (C=O) groups excluding carboxylic acids is 1. The highest BCUT2D eigenvalue weighted by molar-refractivity contribution is 14.1. The van der Waals surface area contributed by atoms with Crippen LogP contribution in [0.2, 0.25) is 18.1 Å². The van der Waals surface area contributed by atoms with Crippen LogP contribution in [-0.4, -0.2) is 20.2 Å². The van der Waals surface area contributed by atoms with Crippen molar-refractivity contribution >= 4 is 36.7 Å². The van der Waals surface area contributed by atoms with Crippen molar-refractivity contribution in [3.8, 4) is 0 Å². The minimum absolute atomic E-state index is 0.0645. The molecule has 0 radical (unpaired) electrons. The number of hydrogen-bond donors (Lipinski definition) is 0. The zero-order valence-corrected chi connectivity index (χ0v) is 19.7. The average molecular weight is 450 g/mol. The summed E-state index contributed by atoms with van der Waals surface area (Å²) < 4.78 is 8.75. The second-order valence-electron chi connectivity index (χ2n) is 8.24. The minimum atomic E-state index is -1.92. The molecule has 0 amide bonds. The Bertz CT molecular complexity index is 472. The van der Waals surface area contributed by atoms with Crippen molar-refractivity contribution in [1.29, 1.82) is 0 Å². The van der Waals surface area contributed by atoms with Gasteiger partial charge in [0.15, 0.2) is 8.32 Å². The van der Waals surface area contributed by atoms with E-state index in [0.717, 1.165) is 0 Å². The maximum absolute atomic E-state index is 12.0. The van der Waals surface area contributed by atoms with Gasteiger partial charge < -0.3 is 4.43 Å². The van der Waals surface area contributed by atoms with Gasteiger partial charge in [0.25, 0.3) is 0 Å². The lowest BCUT2D eigenvalue weighted by atomic mass is 9.89. The molecule has 0 unspecified atom stereocenters. The van der Waals surface area contributed by atoms with E-state index in [2.05, 4.69) is 87.4 Å². The van der Waals surface area contributed by atoms with E-state index in [1.54, 1.807) is 6.92 Å². The smallest absolute Gasteiger partial charge is 0.192 e. The van der Waals surface area contributed by atoms with Crippen LogP contribution < -0.4 is 0 Å². The van der Waals surface area contributed by atoms with E-state index in [4.69, 9.17) is 4.43 Å². The topological polar surface area (TPSA) is 26.3 Å². The average Bonchev–Trinajstić information content (AvgIpc) is 2.41. The van der Waals surface area contributed by atoms with Crippen molar-refractivity contribution in [3.05, 3.63) is 21.3 Å². The largest absolute Gasteiger partial charge is 0.413 e. The first-order valence-corrected chi connectivity index (χ1v) is 12.5. The molecular formula is C19H35IO2Si. The first-order valence-electron chi connectivity index (χ1n) is 8.38. The standard InChI is InChI=1S/C19H35IO2Si/c1-13(15(3)12-20)11-14(2)18(16(4)17(5)21)22-23(9,10)19(6,7)8/h11-12,14,16,18H,1-10H3/b13-11+,15-12+/t14-,16+,18-/m0/s1. The van der Waals surface area contributed by atoms with Gasteiger partial charge in [-0.1, -0.05) is 68.9 Å². The second kappa shape index (κ2) is 8.95. The van der Waals surface area contributed by atoms with Gasteiger partial charge in [-0.15, -0.1) is 0 Å². The maximum atomic E-state index is 12.0. The molecule has 2 nitrogen and oxygen atoms in total. The minimum Gasteiger partial charge on any atom is -0.413 e. The second-order valence-corrected chi connectivity index (χ2v) is 13.6. The predicted molar refractivity (Wildman–Crippen MR) is 113 cm³/mol. The Hall–Kier alpha value is 0.0569. The Morgan fingerprint density at radius 1 is 1.09 bits per heavy atom. The zero-order chi connectivity index (χ0) is 18.6. The van der Waals surface area contributed by atoms with E-state index in [-0.39, 0.29) is 28.8 Å². The van der Waals surface area contributed by atoms with Crippen molar-refractivity contribution < 1.29 is 9.22 Å². The normalized spacial score (nSPS) is 18.6. The van der Waals surface area contributed by atoms with Crippen LogP contribution in [0.1, 0.15) is 55.4 Å². The molecule has 0 N–H and O–H groups in total. The van der Waals surface area contributed by atoms with E-state index in [1.807, 2.05) is 6.92 Å². The van der Waals surface area contributed by atoms with Gasteiger partial charge in [0.2, 0.25) is 0 Å². The van der Waals surface area contributed by atoms with E-state index in [1.165, 1.54) is 11.1 Å². The van der Waals surface area contributed by atoms with E-state index in [0.29, 0.717) is 0 Å². The summed E-state index contributed by atoms with van der Waals surface area (Å²) in [7, 11) is -1.92. The lowest BCUT2D eigenvalue weighted by Gasteiger charge is -2.42. The first kappa shape index (κ1) is 23.1.